The fraction of sp³-hybridized carbons (Fsp3) is 0.261. The minimum Gasteiger partial charge on any atom is -0.497 e. The predicted molar refractivity (Wildman–Crippen MR) is 128 cm³/mol. The van der Waals surface area contributed by atoms with Crippen molar-refractivity contribution in [3.63, 3.8) is 0 Å². The molecular weight excluding hydrogens is 448 g/mol. The van der Waals surface area contributed by atoms with Gasteiger partial charge in [-0.3, -0.25) is 9.36 Å². The third-order valence-electron chi connectivity index (χ3n) is 4.64. The highest BCUT2D eigenvalue weighted by Gasteiger charge is 2.16. The zero-order valence-corrected chi connectivity index (χ0v) is 19.6. The molecule has 168 valence electrons. The summed E-state index contributed by atoms with van der Waals surface area (Å²) in [7, 11) is 3.38. The van der Waals surface area contributed by atoms with Gasteiger partial charge in [0.1, 0.15) is 18.1 Å². The van der Waals surface area contributed by atoms with Crippen molar-refractivity contribution in [2.75, 3.05) is 33.1 Å². The first-order chi connectivity index (χ1) is 15.5. The number of halogens is 1. The Balaban J connectivity index is 1.56. The quantitative estimate of drug-likeness (QED) is 0.304. The van der Waals surface area contributed by atoms with Crippen molar-refractivity contribution < 1.29 is 14.3 Å². The second-order valence-electron chi connectivity index (χ2n) is 6.84. The molecule has 3 rings (SSSR count). The Morgan fingerprint density at radius 3 is 2.50 bits per heavy atom. The van der Waals surface area contributed by atoms with Crippen molar-refractivity contribution in [3.8, 4) is 22.9 Å². The highest BCUT2D eigenvalue weighted by atomic mass is 35.5. The molecule has 0 spiro atoms. The second-order valence-corrected chi connectivity index (χ2v) is 8.22. The summed E-state index contributed by atoms with van der Waals surface area (Å²) in [5.41, 5.74) is 0.912. The van der Waals surface area contributed by atoms with Gasteiger partial charge in [-0.1, -0.05) is 29.4 Å². The zero-order valence-electron chi connectivity index (χ0n) is 18.0. The molecule has 32 heavy (non-hydrogen) atoms. The first-order valence-electron chi connectivity index (χ1n) is 9.95. The zero-order chi connectivity index (χ0) is 22.9. The van der Waals surface area contributed by atoms with Crippen LogP contribution in [0.2, 0.25) is 5.02 Å². The van der Waals surface area contributed by atoms with E-state index in [1.165, 1.54) is 11.8 Å². The molecule has 1 heterocycles. The van der Waals surface area contributed by atoms with Gasteiger partial charge in [-0.25, -0.2) is 0 Å². The number of allylic oxidation sites excluding steroid dienone is 1. The number of carbonyl (C=O) groups is 1. The standard InChI is InChI=1S/C23H25ClN4O3S/c1-4-13-28-22(17-5-9-19(30-3)10-6-17)25-26-23(28)32-16-21(29)27(2)14-15-31-20-11-7-18(24)8-12-20/h4-12H,1,13-16H2,2-3H3. The fourth-order valence-electron chi connectivity index (χ4n) is 2.84. The van der Waals surface area contributed by atoms with Gasteiger partial charge in [-0.15, -0.1) is 16.8 Å². The lowest BCUT2D eigenvalue weighted by atomic mass is 10.2. The molecule has 1 amide bonds. The lowest BCUT2D eigenvalue weighted by Crippen LogP contribution is -2.32. The molecule has 0 aliphatic carbocycles. The molecule has 0 radical (unpaired) electrons. The Labute approximate surface area is 197 Å². The van der Waals surface area contributed by atoms with Crippen LogP contribution in [-0.2, 0) is 11.3 Å². The number of thioether (sulfide) groups is 1. The number of nitrogens with zero attached hydrogens (tertiary/aromatic N) is 4. The van der Waals surface area contributed by atoms with Gasteiger partial charge in [0.05, 0.1) is 19.4 Å². The van der Waals surface area contributed by atoms with E-state index in [1.54, 1.807) is 49.4 Å². The number of amides is 1. The Kier molecular flexibility index (Phi) is 8.58. The molecule has 1 aromatic heterocycles. The van der Waals surface area contributed by atoms with Gasteiger partial charge in [0.15, 0.2) is 11.0 Å². The number of ether oxygens (including phenoxy) is 2. The normalized spacial score (nSPS) is 10.6. The summed E-state index contributed by atoms with van der Waals surface area (Å²) >= 11 is 7.22. The van der Waals surface area contributed by atoms with Gasteiger partial charge in [0.25, 0.3) is 0 Å². The Hall–Kier alpha value is -2.97. The third-order valence-corrected chi connectivity index (χ3v) is 5.84. The summed E-state index contributed by atoms with van der Waals surface area (Å²) in [5, 5.41) is 9.92. The molecule has 0 aliphatic rings. The molecule has 3 aromatic rings. The van der Waals surface area contributed by atoms with E-state index in [0.717, 1.165) is 11.3 Å². The summed E-state index contributed by atoms with van der Waals surface area (Å²) < 4.78 is 12.8. The molecule has 0 N–H and O–H groups in total. The number of aromatic nitrogens is 3. The maximum Gasteiger partial charge on any atom is 0.232 e. The van der Waals surface area contributed by atoms with E-state index in [4.69, 9.17) is 21.1 Å². The average molecular weight is 473 g/mol. The van der Waals surface area contributed by atoms with Crippen LogP contribution in [-0.4, -0.2) is 58.6 Å². The van der Waals surface area contributed by atoms with Crippen LogP contribution in [0, 0.1) is 0 Å². The molecular formula is C23H25ClN4O3S. The van der Waals surface area contributed by atoms with Gasteiger partial charge in [0, 0.05) is 24.2 Å². The molecule has 0 saturated carbocycles. The minimum absolute atomic E-state index is 0.0196. The molecule has 0 unspecified atom stereocenters. The van der Waals surface area contributed by atoms with Crippen LogP contribution >= 0.6 is 23.4 Å². The molecule has 0 fully saturated rings. The summed E-state index contributed by atoms with van der Waals surface area (Å²) in [4.78, 5) is 14.2. The van der Waals surface area contributed by atoms with E-state index in [-0.39, 0.29) is 11.7 Å². The summed E-state index contributed by atoms with van der Waals surface area (Å²) in [6.07, 6.45) is 1.78. The highest BCUT2D eigenvalue weighted by molar-refractivity contribution is 7.99. The number of likely N-dealkylation sites (N-methyl/N-ethyl adjacent to an activating group) is 1. The Morgan fingerprint density at radius 1 is 1.16 bits per heavy atom. The molecule has 0 aliphatic heterocycles. The van der Waals surface area contributed by atoms with Gasteiger partial charge < -0.3 is 14.4 Å². The largest absolute Gasteiger partial charge is 0.497 e. The number of benzene rings is 2. The van der Waals surface area contributed by atoms with Gasteiger partial charge >= 0.3 is 0 Å². The van der Waals surface area contributed by atoms with Crippen molar-refractivity contribution in [2.45, 2.75) is 11.7 Å². The van der Waals surface area contributed by atoms with E-state index < -0.39 is 0 Å². The van der Waals surface area contributed by atoms with Crippen LogP contribution in [0.1, 0.15) is 0 Å². The van der Waals surface area contributed by atoms with Gasteiger partial charge in [-0.05, 0) is 48.5 Å². The fourth-order valence-corrected chi connectivity index (χ4v) is 3.85. The maximum atomic E-state index is 12.6. The van der Waals surface area contributed by atoms with Crippen LogP contribution in [0.5, 0.6) is 11.5 Å². The molecule has 9 heteroatoms. The van der Waals surface area contributed by atoms with Gasteiger partial charge in [-0.2, -0.15) is 0 Å². The van der Waals surface area contributed by atoms with E-state index >= 15 is 0 Å². The molecule has 0 atom stereocenters. The lowest BCUT2D eigenvalue weighted by molar-refractivity contribution is -0.127. The molecule has 0 bridgehead atoms. The van der Waals surface area contributed by atoms with Crippen molar-refractivity contribution in [3.05, 3.63) is 66.2 Å². The van der Waals surface area contributed by atoms with E-state index in [1.807, 2.05) is 28.8 Å². The van der Waals surface area contributed by atoms with Crippen LogP contribution in [0.4, 0.5) is 0 Å². The smallest absolute Gasteiger partial charge is 0.232 e. The molecule has 2 aromatic carbocycles. The molecule has 0 saturated heterocycles. The highest BCUT2D eigenvalue weighted by Crippen LogP contribution is 2.26. The number of methoxy groups -OCH3 is 1. The second kappa shape index (κ2) is 11.6. The number of hydrogen-bond acceptors (Lipinski definition) is 6. The predicted octanol–water partition coefficient (Wildman–Crippen LogP) is 4.42. The number of hydrogen-bond donors (Lipinski definition) is 0. The Bertz CT molecular complexity index is 1040. The minimum atomic E-state index is -0.0196. The number of rotatable bonds is 11. The number of carbonyl (C=O) groups excluding carboxylic acids is 1. The summed E-state index contributed by atoms with van der Waals surface area (Å²) in [5.74, 6) is 2.43. The van der Waals surface area contributed by atoms with Crippen LogP contribution in [0.25, 0.3) is 11.4 Å². The maximum absolute atomic E-state index is 12.6. The monoisotopic (exact) mass is 472 g/mol. The molecule has 7 nitrogen and oxygen atoms in total. The summed E-state index contributed by atoms with van der Waals surface area (Å²) in [6, 6.07) is 14.7. The SMILES string of the molecule is C=CCn1c(SCC(=O)N(C)CCOc2ccc(Cl)cc2)nnc1-c1ccc(OC)cc1. The van der Waals surface area contributed by atoms with Crippen LogP contribution in [0.3, 0.4) is 0 Å². The topological polar surface area (TPSA) is 69.5 Å². The third kappa shape index (κ3) is 6.27. The van der Waals surface area contributed by atoms with E-state index in [2.05, 4.69) is 16.8 Å². The van der Waals surface area contributed by atoms with E-state index in [0.29, 0.717) is 41.4 Å². The Morgan fingerprint density at radius 2 is 1.84 bits per heavy atom. The first kappa shape index (κ1) is 23.7. The summed E-state index contributed by atoms with van der Waals surface area (Å²) in [6.45, 7) is 5.22. The van der Waals surface area contributed by atoms with E-state index in [9.17, 15) is 4.79 Å². The first-order valence-corrected chi connectivity index (χ1v) is 11.3. The van der Waals surface area contributed by atoms with Crippen molar-refractivity contribution in [2.24, 2.45) is 0 Å². The van der Waals surface area contributed by atoms with Crippen LogP contribution in [0.15, 0.2) is 66.3 Å². The van der Waals surface area contributed by atoms with Crippen molar-refractivity contribution in [1.29, 1.82) is 0 Å². The van der Waals surface area contributed by atoms with Crippen LogP contribution < -0.4 is 9.47 Å². The lowest BCUT2D eigenvalue weighted by Gasteiger charge is -2.17. The van der Waals surface area contributed by atoms with Crippen molar-refractivity contribution in [1.82, 2.24) is 19.7 Å². The average Bonchev–Trinajstić information content (AvgIpc) is 3.21. The van der Waals surface area contributed by atoms with Gasteiger partial charge in [0.2, 0.25) is 5.91 Å². The van der Waals surface area contributed by atoms with Crippen molar-refractivity contribution >= 4 is 29.3 Å².